The highest BCUT2D eigenvalue weighted by molar-refractivity contribution is 6.14. The summed E-state index contributed by atoms with van der Waals surface area (Å²) < 4.78 is 0. The molecule has 1 nitrogen and oxygen atoms in total. The molecule has 0 fully saturated rings. The molecule has 26 heavy (non-hydrogen) atoms. The minimum atomic E-state index is 0.535. The average molecular weight is 335 g/mol. The van der Waals surface area contributed by atoms with Gasteiger partial charge in [0.1, 0.15) is 0 Å². The summed E-state index contributed by atoms with van der Waals surface area (Å²) in [4.78, 5) is 5.08. The van der Waals surface area contributed by atoms with Gasteiger partial charge in [0.25, 0.3) is 0 Å². The van der Waals surface area contributed by atoms with E-state index in [0.717, 1.165) is 17.5 Å². The number of hydrogen-bond acceptors (Lipinski definition) is 1. The molecule has 0 N–H and O–H groups in total. The molecular weight excluding hydrogens is 314 g/mol. The minimum absolute atomic E-state index is 0.535. The zero-order valence-electron chi connectivity index (χ0n) is 15.2. The van der Waals surface area contributed by atoms with Gasteiger partial charge in [-0.05, 0) is 52.3 Å². The molecule has 0 aliphatic heterocycles. The molecule has 0 aliphatic carbocycles. The lowest BCUT2D eigenvalue weighted by atomic mass is 9.90. The van der Waals surface area contributed by atoms with Crippen LogP contribution in [-0.2, 0) is 0 Å². The van der Waals surface area contributed by atoms with Gasteiger partial charge in [0.2, 0.25) is 0 Å². The Morgan fingerprint density at radius 2 is 1.46 bits per heavy atom. The molecule has 0 amide bonds. The van der Waals surface area contributed by atoms with Gasteiger partial charge in [0, 0.05) is 16.2 Å². The third-order valence-corrected chi connectivity index (χ3v) is 5.70. The molecule has 5 aromatic rings. The van der Waals surface area contributed by atoms with E-state index in [1.54, 1.807) is 0 Å². The van der Waals surface area contributed by atoms with E-state index in [4.69, 9.17) is 4.98 Å². The lowest BCUT2D eigenvalue weighted by Gasteiger charge is -2.15. The number of pyridine rings is 1. The molecule has 0 saturated carbocycles. The van der Waals surface area contributed by atoms with Gasteiger partial charge >= 0.3 is 0 Å². The average Bonchev–Trinajstić information content (AvgIpc) is 2.71. The fourth-order valence-electron chi connectivity index (χ4n) is 4.08. The highest BCUT2D eigenvalue weighted by Crippen LogP contribution is 2.35. The van der Waals surface area contributed by atoms with Crippen LogP contribution < -0.4 is 0 Å². The molecule has 1 unspecified atom stereocenters. The van der Waals surface area contributed by atoms with Crippen LogP contribution >= 0.6 is 0 Å². The van der Waals surface area contributed by atoms with Gasteiger partial charge in [-0.25, -0.2) is 4.98 Å². The Bertz CT molecular complexity index is 1280. The summed E-state index contributed by atoms with van der Waals surface area (Å²) in [5, 5.41) is 7.61. The van der Waals surface area contributed by atoms with Crippen molar-refractivity contribution in [3.05, 3.63) is 78.4 Å². The van der Waals surface area contributed by atoms with E-state index in [-0.39, 0.29) is 0 Å². The third-order valence-electron chi connectivity index (χ3n) is 5.70. The molecule has 0 aliphatic rings. The minimum Gasteiger partial charge on any atom is -0.247 e. The van der Waals surface area contributed by atoms with Crippen molar-refractivity contribution in [3.63, 3.8) is 0 Å². The topological polar surface area (TPSA) is 12.9 Å². The summed E-state index contributed by atoms with van der Waals surface area (Å²) >= 11 is 0. The molecule has 1 aromatic heterocycles. The maximum atomic E-state index is 5.08. The molecule has 1 atom stereocenters. The summed E-state index contributed by atoms with van der Waals surface area (Å²) in [6.45, 7) is 4.58. The maximum absolute atomic E-state index is 5.08. The Kier molecular flexibility index (Phi) is 3.43. The summed E-state index contributed by atoms with van der Waals surface area (Å²) in [6.07, 6.45) is 1.14. The zero-order valence-corrected chi connectivity index (χ0v) is 15.2. The molecule has 5 rings (SSSR count). The second-order valence-electron chi connectivity index (χ2n) is 7.23. The number of hydrogen-bond donors (Lipinski definition) is 0. The van der Waals surface area contributed by atoms with Crippen LogP contribution in [0.3, 0.4) is 0 Å². The quantitative estimate of drug-likeness (QED) is 0.245. The summed E-state index contributed by atoms with van der Waals surface area (Å²) in [5.41, 5.74) is 3.60. The molecule has 126 valence electrons. The molecule has 0 radical (unpaired) electrons. The SMILES string of the molecule is CCC(C)c1cc2cc3c(ccc4ccccc43)nc2c2ccccc12. The van der Waals surface area contributed by atoms with Crippen LogP contribution in [-0.4, -0.2) is 4.98 Å². The molecule has 4 aromatic carbocycles. The summed E-state index contributed by atoms with van der Waals surface area (Å²) in [7, 11) is 0. The fraction of sp³-hybridized carbons (Fsp3) is 0.160. The van der Waals surface area contributed by atoms with Gasteiger partial charge < -0.3 is 0 Å². The van der Waals surface area contributed by atoms with Gasteiger partial charge in [-0.1, -0.05) is 68.4 Å². The van der Waals surface area contributed by atoms with Crippen molar-refractivity contribution in [1.82, 2.24) is 4.98 Å². The predicted molar refractivity (Wildman–Crippen MR) is 113 cm³/mol. The molecule has 0 spiro atoms. The largest absolute Gasteiger partial charge is 0.247 e. The molecule has 0 saturated heterocycles. The van der Waals surface area contributed by atoms with Crippen molar-refractivity contribution >= 4 is 43.4 Å². The van der Waals surface area contributed by atoms with Gasteiger partial charge in [0.15, 0.2) is 0 Å². The monoisotopic (exact) mass is 335 g/mol. The molecule has 0 bridgehead atoms. The van der Waals surface area contributed by atoms with Gasteiger partial charge in [0.05, 0.1) is 11.0 Å². The molecule has 1 heteroatoms. The van der Waals surface area contributed by atoms with Crippen LogP contribution in [0.4, 0.5) is 0 Å². The van der Waals surface area contributed by atoms with E-state index in [2.05, 4.69) is 86.6 Å². The van der Waals surface area contributed by atoms with Gasteiger partial charge in [-0.2, -0.15) is 0 Å². The van der Waals surface area contributed by atoms with E-state index in [1.807, 2.05) is 0 Å². The first-order chi connectivity index (χ1) is 12.8. The molecular formula is C25H21N. The Morgan fingerprint density at radius 3 is 2.27 bits per heavy atom. The predicted octanol–water partition coefficient (Wildman–Crippen LogP) is 7.21. The van der Waals surface area contributed by atoms with Crippen LogP contribution in [0.25, 0.3) is 43.4 Å². The van der Waals surface area contributed by atoms with E-state index >= 15 is 0 Å². The Morgan fingerprint density at radius 1 is 0.731 bits per heavy atom. The van der Waals surface area contributed by atoms with Crippen LogP contribution in [0, 0.1) is 0 Å². The number of nitrogens with zero attached hydrogens (tertiary/aromatic N) is 1. The van der Waals surface area contributed by atoms with Crippen LogP contribution in [0.5, 0.6) is 0 Å². The number of rotatable bonds is 2. The number of fused-ring (bicyclic) bond motifs is 6. The third kappa shape index (κ3) is 2.20. The second-order valence-corrected chi connectivity index (χ2v) is 7.23. The standard InChI is InChI=1S/C25H21N/c1-3-16(2)22-14-18-15-23-19-9-5-4-8-17(19)12-13-24(23)26-25(18)21-11-7-6-10-20(21)22/h4-16H,3H2,1-2H3. The normalized spacial score (nSPS) is 13.0. The zero-order chi connectivity index (χ0) is 17.7. The van der Waals surface area contributed by atoms with E-state index < -0.39 is 0 Å². The Labute approximate surface area is 153 Å². The first kappa shape index (κ1) is 15.3. The number of benzene rings is 4. The van der Waals surface area contributed by atoms with Crippen molar-refractivity contribution < 1.29 is 0 Å². The van der Waals surface area contributed by atoms with E-state index in [9.17, 15) is 0 Å². The van der Waals surface area contributed by atoms with Crippen molar-refractivity contribution in [2.75, 3.05) is 0 Å². The van der Waals surface area contributed by atoms with E-state index in [0.29, 0.717) is 5.92 Å². The lowest BCUT2D eigenvalue weighted by Crippen LogP contribution is -1.95. The van der Waals surface area contributed by atoms with Crippen molar-refractivity contribution in [2.24, 2.45) is 0 Å². The van der Waals surface area contributed by atoms with Gasteiger partial charge in [-0.15, -0.1) is 0 Å². The lowest BCUT2D eigenvalue weighted by molar-refractivity contribution is 0.740. The first-order valence-electron chi connectivity index (χ1n) is 9.40. The fourth-order valence-corrected chi connectivity index (χ4v) is 4.08. The van der Waals surface area contributed by atoms with Crippen LogP contribution in [0.15, 0.2) is 72.8 Å². The molecule has 1 heterocycles. The maximum Gasteiger partial charge on any atom is 0.0788 e. The smallest absolute Gasteiger partial charge is 0.0788 e. The highest BCUT2D eigenvalue weighted by atomic mass is 14.7. The van der Waals surface area contributed by atoms with E-state index in [1.165, 1.54) is 37.9 Å². The van der Waals surface area contributed by atoms with Crippen molar-refractivity contribution in [3.8, 4) is 0 Å². The van der Waals surface area contributed by atoms with Crippen molar-refractivity contribution in [2.45, 2.75) is 26.2 Å². The van der Waals surface area contributed by atoms with Gasteiger partial charge in [-0.3, -0.25) is 0 Å². The second kappa shape index (κ2) is 5.81. The van der Waals surface area contributed by atoms with Crippen molar-refractivity contribution in [1.29, 1.82) is 0 Å². The van der Waals surface area contributed by atoms with Crippen LogP contribution in [0.1, 0.15) is 31.7 Å². The number of aromatic nitrogens is 1. The first-order valence-corrected chi connectivity index (χ1v) is 9.40. The Balaban J connectivity index is 1.97. The summed E-state index contributed by atoms with van der Waals surface area (Å²) in [5.74, 6) is 0.535. The van der Waals surface area contributed by atoms with Crippen LogP contribution in [0.2, 0.25) is 0 Å². The summed E-state index contributed by atoms with van der Waals surface area (Å²) in [6, 6.07) is 26.3. The highest BCUT2D eigenvalue weighted by Gasteiger charge is 2.13. The Hall–Kier alpha value is -2.93.